The van der Waals surface area contributed by atoms with E-state index in [1.807, 2.05) is 6.07 Å². The zero-order valence-corrected chi connectivity index (χ0v) is 23.8. The van der Waals surface area contributed by atoms with E-state index in [9.17, 15) is 21.6 Å². The second kappa shape index (κ2) is 9.53. The maximum absolute atomic E-state index is 13.5. The fourth-order valence-electron chi connectivity index (χ4n) is 5.36. The molecule has 9 nitrogen and oxygen atoms in total. The Hall–Kier alpha value is -2.63. The molecule has 2 N–H and O–H groups in total. The number of hydrogen-bond acceptors (Lipinski definition) is 6. The second-order valence-corrected chi connectivity index (χ2v) is 15.5. The number of nitrogens with zero attached hydrogens (tertiary/aromatic N) is 2. The molecule has 0 aromatic heterocycles. The first-order valence-corrected chi connectivity index (χ1v) is 16.2. The lowest BCUT2D eigenvalue weighted by molar-refractivity contribution is 0.102. The summed E-state index contributed by atoms with van der Waals surface area (Å²) in [6, 6.07) is 11.3. The number of anilines is 3. The Morgan fingerprint density at radius 2 is 1.68 bits per heavy atom. The summed E-state index contributed by atoms with van der Waals surface area (Å²) in [7, 11) is -7.13. The number of sulfonamides is 2. The zero-order valence-electron chi connectivity index (χ0n) is 22.2. The highest BCUT2D eigenvalue weighted by atomic mass is 32.2. The van der Waals surface area contributed by atoms with Gasteiger partial charge in [-0.05, 0) is 94.7 Å². The van der Waals surface area contributed by atoms with Crippen LogP contribution in [0, 0.1) is 5.41 Å². The Bertz CT molecular complexity index is 1450. The molecule has 11 heteroatoms. The third-order valence-electron chi connectivity index (χ3n) is 7.58. The van der Waals surface area contributed by atoms with Gasteiger partial charge in [-0.15, -0.1) is 0 Å². The van der Waals surface area contributed by atoms with Crippen LogP contribution in [0.2, 0.25) is 0 Å². The van der Waals surface area contributed by atoms with Gasteiger partial charge in [-0.2, -0.15) is 0 Å². The third-order valence-corrected chi connectivity index (χ3v) is 11.2. The minimum Gasteiger partial charge on any atom is -0.371 e. The van der Waals surface area contributed by atoms with Crippen LogP contribution in [0.1, 0.15) is 63.2 Å². The number of carbonyl (C=O) groups excluding carboxylic acids is 1. The lowest BCUT2D eigenvalue weighted by Gasteiger charge is -2.35. The van der Waals surface area contributed by atoms with E-state index in [2.05, 4.69) is 14.9 Å². The van der Waals surface area contributed by atoms with Gasteiger partial charge in [-0.1, -0.05) is 6.07 Å². The number of carbonyl (C=O) groups is 1. The van der Waals surface area contributed by atoms with Crippen LogP contribution < -0.4 is 19.2 Å². The summed E-state index contributed by atoms with van der Waals surface area (Å²) in [6.45, 7) is 7.34. The van der Waals surface area contributed by atoms with Gasteiger partial charge in [-0.3, -0.25) is 9.10 Å². The Morgan fingerprint density at radius 1 is 0.974 bits per heavy atom. The van der Waals surface area contributed by atoms with Gasteiger partial charge in [0.25, 0.3) is 5.91 Å². The zero-order chi connectivity index (χ0) is 27.3. The van der Waals surface area contributed by atoms with Gasteiger partial charge in [0.15, 0.2) is 0 Å². The van der Waals surface area contributed by atoms with E-state index in [1.165, 1.54) is 29.3 Å². The van der Waals surface area contributed by atoms with E-state index in [0.29, 0.717) is 41.0 Å². The Balaban J connectivity index is 1.44. The van der Waals surface area contributed by atoms with Crippen LogP contribution in [0.5, 0.6) is 0 Å². The van der Waals surface area contributed by atoms with Gasteiger partial charge < -0.3 is 10.2 Å². The number of benzene rings is 2. The Kier molecular flexibility index (Phi) is 6.76. The molecule has 2 aliphatic heterocycles. The minimum atomic E-state index is -3.77. The molecule has 1 spiro atoms. The summed E-state index contributed by atoms with van der Waals surface area (Å²) >= 11 is 0. The van der Waals surface area contributed by atoms with Crippen LogP contribution in [0.4, 0.5) is 17.1 Å². The van der Waals surface area contributed by atoms with Gasteiger partial charge in [0.2, 0.25) is 20.0 Å². The van der Waals surface area contributed by atoms with Crippen molar-refractivity contribution in [3.63, 3.8) is 0 Å². The van der Waals surface area contributed by atoms with Crippen molar-refractivity contribution < 1.29 is 21.6 Å². The van der Waals surface area contributed by atoms with Crippen LogP contribution in [0.25, 0.3) is 0 Å². The number of piperidine rings is 1. The quantitative estimate of drug-likeness (QED) is 0.553. The highest BCUT2D eigenvalue weighted by Crippen LogP contribution is 2.54. The van der Waals surface area contributed by atoms with Crippen molar-refractivity contribution in [1.82, 2.24) is 4.72 Å². The fourth-order valence-corrected chi connectivity index (χ4v) is 8.38. The van der Waals surface area contributed by atoms with Crippen LogP contribution in [0.3, 0.4) is 0 Å². The maximum Gasteiger partial charge on any atom is 0.257 e. The highest BCUT2D eigenvalue weighted by Gasteiger charge is 2.44. The molecular weight excluding hydrogens is 524 g/mol. The first kappa shape index (κ1) is 27.0. The van der Waals surface area contributed by atoms with Crippen molar-refractivity contribution in [2.45, 2.75) is 63.3 Å². The molecule has 1 aliphatic carbocycles. The fraction of sp³-hybridized carbons (Fsp3) is 0.519. The van der Waals surface area contributed by atoms with Crippen LogP contribution in [-0.4, -0.2) is 53.7 Å². The van der Waals surface area contributed by atoms with Gasteiger partial charge in [-0.25, -0.2) is 21.6 Å². The standard InChI is InChI=1S/C27H36N4O5S2/c1-26(2,3)29-38(35,36)22-7-4-6-20(18-22)28-25(32)23-9-8-21(31-14-5-17-37(31,33)34)19-24(23)30-15-12-27(10-11-27)13-16-30/h4,6-9,18-19,29H,5,10-17H2,1-3H3,(H,28,32). The maximum atomic E-state index is 13.5. The second-order valence-electron chi connectivity index (χ2n) is 11.8. The molecule has 2 aromatic rings. The molecule has 5 rings (SSSR count). The molecular formula is C27H36N4O5S2. The van der Waals surface area contributed by atoms with Gasteiger partial charge in [0.1, 0.15) is 0 Å². The molecule has 2 heterocycles. The topological polar surface area (TPSA) is 116 Å². The molecule has 3 fully saturated rings. The molecule has 2 aromatic carbocycles. The molecule has 0 unspecified atom stereocenters. The summed E-state index contributed by atoms with van der Waals surface area (Å²) in [6.07, 6.45) is 5.20. The van der Waals surface area contributed by atoms with Crippen molar-refractivity contribution in [3.8, 4) is 0 Å². The average molecular weight is 561 g/mol. The highest BCUT2D eigenvalue weighted by molar-refractivity contribution is 7.93. The summed E-state index contributed by atoms with van der Waals surface area (Å²) < 4.78 is 54.8. The number of nitrogens with one attached hydrogen (secondary N) is 2. The molecule has 1 amide bonds. The van der Waals surface area contributed by atoms with E-state index < -0.39 is 25.6 Å². The van der Waals surface area contributed by atoms with Crippen LogP contribution in [0.15, 0.2) is 47.4 Å². The molecule has 0 atom stereocenters. The number of amides is 1. The third kappa shape index (κ3) is 5.69. The normalized spacial score (nSPS) is 20.5. The SMILES string of the molecule is CC(C)(C)NS(=O)(=O)c1cccc(NC(=O)c2ccc(N3CCCS3(=O)=O)cc2N2CCC3(CC2)CC3)c1. The van der Waals surface area contributed by atoms with Gasteiger partial charge in [0, 0.05) is 30.9 Å². The molecule has 206 valence electrons. The van der Waals surface area contributed by atoms with E-state index in [1.54, 1.807) is 45.0 Å². The number of rotatable bonds is 6. The molecule has 0 bridgehead atoms. The predicted octanol–water partition coefficient (Wildman–Crippen LogP) is 3.94. The van der Waals surface area contributed by atoms with Crippen LogP contribution >= 0.6 is 0 Å². The first-order chi connectivity index (χ1) is 17.8. The van der Waals surface area contributed by atoms with E-state index in [0.717, 1.165) is 25.9 Å². The first-order valence-electron chi connectivity index (χ1n) is 13.1. The lowest BCUT2D eigenvalue weighted by atomic mass is 9.93. The summed E-state index contributed by atoms with van der Waals surface area (Å²) in [4.78, 5) is 15.8. The lowest BCUT2D eigenvalue weighted by Crippen LogP contribution is -2.40. The predicted molar refractivity (Wildman–Crippen MR) is 150 cm³/mol. The molecule has 0 radical (unpaired) electrons. The summed E-state index contributed by atoms with van der Waals surface area (Å²) in [5.41, 5.74) is 1.86. The average Bonchev–Trinajstić information content (AvgIpc) is 3.49. The van der Waals surface area contributed by atoms with Gasteiger partial charge >= 0.3 is 0 Å². The summed E-state index contributed by atoms with van der Waals surface area (Å²) in [5, 5.41) is 2.86. The summed E-state index contributed by atoms with van der Waals surface area (Å²) in [5.74, 6) is -0.249. The Labute approximate surface area is 225 Å². The number of hydrogen-bond donors (Lipinski definition) is 2. The van der Waals surface area contributed by atoms with Crippen LogP contribution in [-0.2, 0) is 20.0 Å². The Morgan fingerprint density at radius 3 is 2.29 bits per heavy atom. The molecule has 1 saturated carbocycles. The van der Waals surface area contributed by atoms with Crippen molar-refractivity contribution >= 4 is 43.0 Å². The van der Waals surface area contributed by atoms with Gasteiger partial charge in [0.05, 0.1) is 27.6 Å². The van der Waals surface area contributed by atoms with Crippen molar-refractivity contribution in [2.24, 2.45) is 5.41 Å². The van der Waals surface area contributed by atoms with E-state index in [-0.39, 0.29) is 16.6 Å². The van der Waals surface area contributed by atoms with E-state index in [4.69, 9.17) is 0 Å². The molecule has 2 saturated heterocycles. The van der Waals surface area contributed by atoms with E-state index >= 15 is 0 Å². The monoisotopic (exact) mass is 560 g/mol. The van der Waals surface area contributed by atoms with Crippen molar-refractivity contribution in [1.29, 1.82) is 0 Å². The minimum absolute atomic E-state index is 0.0609. The van der Waals surface area contributed by atoms with Crippen molar-refractivity contribution in [2.75, 3.05) is 39.9 Å². The smallest absolute Gasteiger partial charge is 0.257 e. The largest absolute Gasteiger partial charge is 0.371 e. The molecule has 38 heavy (non-hydrogen) atoms. The molecule has 3 aliphatic rings. The van der Waals surface area contributed by atoms with Crippen molar-refractivity contribution in [3.05, 3.63) is 48.0 Å².